The molecule has 0 spiro atoms. The molecule has 33 heavy (non-hydrogen) atoms. The summed E-state index contributed by atoms with van der Waals surface area (Å²) in [4.78, 5) is 0. The van der Waals surface area contributed by atoms with Crippen molar-refractivity contribution in [1.29, 1.82) is 0 Å². The molecule has 0 saturated heterocycles. The van der Waals surface area contributed by atoms with Gasteiger partial charge in [-0.05, 0) is 75.1 Å². The van der Waals surface area contributed by atoms with Gasteiger partial charge >= 0.3 is 7.75 Å². The van der Waals surface area contributed by atoms with Gasteiger partial charge in [-0.2, -0.15) is 0 Å². The van der Waals surface area contributed by atoms with E-state index in [1.165, 1.54) is 6.42 Å². The smallest absolute Gasteiger partial charge is 0.435 e. The molecule has 0 radical (unpaired) electrons. The number of fused-ring (bicyclic) bond motifs is 1. The summed E-state index contributed by atoms with van der Waals surface area (Å²) in [6.07, 6.45) is 9.21. The van der Waals surface area contributed by atoms with E-state index < -0.39 is 7.75 Å². The molecule has 1 aliphatic rings. The molecule has 0 heterocycles. The molecule has 0 atom stereocenters. The lowest BCUT2D eigenvalue weighted by molar-refractivity contribution is 0.217. The van der Waals surface area contributed by atoms with Crippen molar-refractivity contribution in [2.75, 3.05) is 17.9 Å². The Morgan fingerprint density at radius 3 is 2.33 bits per heavy atom. The fourth-order valence-electron chi connectivity index (χ4n) is 4.68. The van der Waals surface area contributed by atoms with Gasteiger partial charge in [0.25, 0.3) is 0 Å². The third-order valence-electron chi connectivity index (χ3n) is 6.32. The summed E-state index contributed by atoms with van der Waals surface area (Å²) in [6, 6.07) is 12.1. The molecule has 0 saturated carbocycles. The molecule has 1 aliphatic carbocycles. The lowest BCUT2D eigenvalue weighted by Gasteiger charge is -2.34. The maximum absolute atomic E-state index is 14.1. The topological polar surface area (TPSA) is 59.0 Å². The van der Waals surface area contributed by atoms with E-state index in [1.54, 1.807) is 4.67 Å². The summed E-state index contributed by atoms with van der Waals surface area (Å²) >= 11 is 0. The number of rotatable bonds is 13. The summed E-state index contributed by atoms with van der Waals surface area (Å²) in [5.74, 6) is 0.385. The van der Waals surface area contributed by atoms with Crippen LogP contribution >= 0.6 is 7.75 Å². The number of phenols is 1. The van der Waals surface area contributed by atoms with Crippen LogP contribution in [0.2, 0.25) is 0 Å². The van der Waals surface area contributed by atoms with Gasteiger partial charge in [0.2, 0.25) is 0 Å². The average Bonchev–Trinajstić information content (AvgIpc) is 2.82. The van der Waals surface area contributed by atoms with Crippen LogP contribution in [0.15, 0.2) is 36.4 Å². The van der Waals surface area contributed by atoms with Gasteiger partial charge in [0.15, 0.2) is 0 Å². The predicted molar refractivity (Wildman–Crippen MR) is 136 cm³/mol. The van der Waals surface area contributed by atoms with Crippen molar-refractivity contribution in [1.82, 2.24) is 0 Å². The van der Waals surface area contributed by atoms with Crippen LogP contribution in [-0.2, 0) is 39.4 Å². The molecule has 2 aromatic rings. The molecule has 182 valence electrons. The standard InChI is InChI=1S/C27H40NO4P/c1-4-7-8-12-19-25-26(20-23-17-13-14-18-24(23)27(25)29)28(21-22-15-10-9-11-16-22)33(30,31-5-2)32-6-3/h9-11,15-16,20,29H,4-8,12-14,17-19,21H2,1-3H3. The van der Waals surface area contributed by atoms with E-state index in [4.69, 9.17) is 9.05 Å². The molecule has 1 N–H and O–H groups in total. The first-order valence-electron chi connectivity index (χ1n) is 12.6. The number of anilines is 1. The number of nitrogens with zero attached hydrogens (tertiary/aromatic N) is 1. The first-order chi connectivity index (χ1) is 16.0. The Labute approximate surface area is 199 Å². The average molecular weight is 474 g/mol. The Hall–Kier alpha value is -1.81. The van der Waals surface area contributed by atoms with Gasteiger partial charge in [-0.3, -0.25) is 13.7 Å². The zero-order valence-electron chi connectivity index (χ0n) is 20.5. The van der Waals surface area contributed by atoms with Crippen LogP contribution in [0.3, 0.4) is 0 Å². The fraction of sp³-hybridized carbons (Fsp3) is 0.556. The van der Waals surface area contributed by atoms with Gasteiger partial charge in [-0.1, -0.05) is 56.5 Å². The Bertz CT molecular complexity index is 921. The number of hydrogen-bond acceptors (Lipinski definition) is 4. The Morgan fingerprint density at radius 2 is 1.67 bits per heavy atom. The summed E-state index contributed by atoms with van der Waals surface area (Å²) < 4.78 is 27.6. The molecule has 2 aromatic carbocycles. The number of benzene rings is 2. The van der Waals surface area contributed by atoms with Gasteiger partial charge in [0.05, 0.1) is 25.4 Å². The minimum atomic E-state index is -3.62. The number of phenolic OH excluding ortho intramolecular Hbond substituents is 1. The van der Waals surface area contributed by atoms with E-state index in [2.05, 4.69) is 13.0 Å². The first kappa shape index (κ1) is 25.8. The van der Waals surface area contributed by atoms with E-state index in [0.29, 0.717) is 12.3 Å². The lowest BCUT2D eigenvalue weighted by atomic mass is 9.87. The molecular weight excluding hydrogens is 433 g/mol. The second-order valence-electron chi connectivity index (χ2n) is 8.73. The zero-order valence-corrected chi connectivity index (χ0v) is 21.4. The highest BCUT2D eigenvalue weighted by Gasteiger charge is 2.36. The van der Waals surface area contributed by atoms with E-state index in [1.807, 2.05) is 44.2 Å². The normalized spacial score (nSPS) is 13.7. The highest BCUT2D eigenvalue weighted by Crippen LogP contribution is 2.57. The molecule has 0 fully saturated rings. The predicted octanol–water partition coefficient (Wildman–Crippen LogP) is 7.58. The van der Waals surface area contributed by atoms with Gasteiger partial charge in [0.1, 0.15) is 5.75 Å². The maximum Gasteiger partial charge on any atom is 0.435 e. The van der Waals surface area contributed by atoms with Crippen molar-refractivity contribution in [3.05, 3.63) is 58.7 Å². The molecule has 0 amide bonds. The van der Waals surface area contributed by atoms with Gasteiger partial charge in [0, 0.05) is 5.56 Å². The fourth-order valence-corrected chi connectivity index (χ4v) is 6.47. The number of aryl methyl sites for hydroxylation is 1. The second kappa shape index (κ2) is 12.6. The van der Waals surface area contributed by atoms with Crippen molar-refractivity contribution in [3.8, 4) is 5.75 Å². The molecular formula is C27H40NO4P. The van der Waals surface area contributed by atoms with Crippen LogP contribution in [-0.4, -0.2) is 18.3 Å². The van der Waals surface area contributed by atoms with Crippen LogP contribution < -0.4 is 4.67 Å². The van der Waals surface area contributed by atoms with Gasteiger partial charge < -0.3 is 5.11 Å². The molecule has 0 unspecified atom stereocenters. The molecule has 0 aromatic heterocycles. The molecule has 6 heteroatoms. The Morgan fingerprint density at radius 1 is 0.970 bits per heavy atom. The highest BCUT2D eigenvalue weighted by atomic mass is 31.2. The number of hydrogen-bond donors (Lipinski definition) is 1. The molecule has 0 aliphatic heterocycles. The molecule has 0 bridgehead atoms. The second-order valence-corrected chi connectivity index (χ2v) is 10.7. The van der Waals surface area contributed by atoms with Crippen molar-refractivity contribution in [2.24, 2.45) is 0 Å². The summed E-state index contributed by atoms with van der Waals surface area (Å²) in [6.45, 7) is 6.82. The van der Waals surface area contributed by atoms with Gasteiger partial charge in [-0.25, -0.2) is 4.57 Å². The maximum atomic E-state index is 14.1. The third-order valence-corrected chi connectivity index (χ3v) is 8.43. The number of unbranched alkanes of at least 4 members (excludes halogenated alkanes) is 3. The Balaban J connectivity index is 2.13. The lowest BCUT2D eigenvalue weighted by Crippen LogP contribution is -2.24. The summed E-state index contributed by atoms with van der Waals surface area (Å²) in [5, 5.41) is 11.4. The van der Waals surface area contributed by atoms with Gasteiger partial charge in [-0.15, -0.1) is 0 Å². The molecule has 5 nitrogen and oxygen atoms in total. The van der Waals surface area contributed by atoms with Crippen LogP contribution in [0.25, 0.3) is 0 Å². The van der Waals surface area contributed by atoms with Crippen molar-refractivity contribution in [2.45, 2.75) is 85.1 Å². The summed E-state index contributed by atoms with van der Waals surface area (Å²) in [7, 11) is -3.62. The van der Waals surface area contributed by atoms with Crippen LogP contribution in [0, 0.1) is 0 Å². The Kier molecular flexibility index (Phi) is 9.85. The highest BCUT2D eigenvalue weighted by molar-refractivity contribution is 7.55. The van der Waals surface area contributed by atoms with E-state index in [9.17, 15) is 9.67 Å². The van der Waals surface area contributed by atoms with E-state index in [0.717, 1.165) is 79.3 Å². The molecule has 3 rings (SSSR count). The van der Waals surface area contributed by atoms with Crippen molar-refractivity contribution in [3.63, 3.8) is 0 Å². The SMILES string of the molecule is CCCCCCc1c(N(Cc2ccccc2)P(=O)(OCC)OCC)cc2c(c1O)CCCC2. The van der Waals surface area contributed by atoms with E-state index >= 15 is 0 Å². The zero-order chi connectivity index (χ0) is 23.7. The van der Waals surface area contributed by atoms with Crippen LogP contribution in [0.1, 0.15) is 81.5 Å². The number of aromatic hydroxyl groups is 1. The van der Waals surface area contributed by atoms with Crippen LogP contribution in [0.5, 0.6) is 5.75 Å². The minimum absolute atomic E-state index is 0.283. The third kappa shape index (κ3) is 6.41. The summed E-state index contributed by atoms with van der Waals surface area (Å²) in [5.41, 5.74) is 4.91. The quantitative estimate of drug-likeness (QED) is 0.240. The van der Waals surface area contributed by atoms with Crippen molar-refractivity contribution < 1.29 is 18.7 Å². The van der Waals surface area contributed by atoms with Crippen LogP contribution in [0.4, 0.5) is 5.69 Å². The van der Waals surface area contributed by atoms with Crippen molar-refractivity contribution >= 4 is 13.4 Å². The minimum Gasteiger partial charge on any atom is -0.507 e. The largest absolute Gasteiger partial charge is 0.507 e. The van der Waals surface area contributed by atoms with E-state index in [-0.39, 0.29) is 13.2 Å². The first-order valence-corrected chi connectivity index (χ1v) is 14.1. The monoisotopic (exact) mass is 473 g/mol.